The van der Waals surface area contributed by atoms with Gasteiger partial charge in [-0.15, -0.1) is 0 Å². The minimum atomic E-state index is 0.705. The zero-order chi connectivity index (χ0) is 7.52. The van der Waals surface area contributed by atoms with Crippen molar-refractivity contribution in [2.75, 3.05) is 13.1 Å². The topological polar surface area (TPSA) is 14.1 Å². The van der Waals surface area contributed by atoms with Crippen molar-refractivity contribution in [1.82, 2.24) is 5.32 Å². The van der Waals surface area contributed by atoms with E-state index in [0.717, 1.165) is 13.1 Å². The van der Waals surface area contributed by atoms with Crippen molar-refractivity contribution in [3.8, 4) is 0 Å². The lowest BCUT2D eigenvalue weighted by Crippen LogP contribution is -2.00. The fraction of sp³-hybridized carbons (Fsp3) is 0.400. The summed E-state index contributed by atoms with van der Waals surface area (Å²) in [6, 6.07) is 10.7. The Morgan fingerprint density at radius 1 is 1.18 bits per heavy atom. The van der Waals surface area contributed by atoms with Gasteiger partial charge in [-0.25, -0.2) is 5.32 Å². The van der Waals surface area contributed by atoms with Crippen molar-refractivity contribution in [1.29, 1.82) is 0 Å². The van der Waals surface area contributed by atoms with E-state index in [2.05, 4.69) is 35.6 Å². The van der Waals surface area contributed by atoms with Crippen LogP contribution in [-0.2, 0) is 0 Å². The standard InChI is InChI=1S/C10H12N/c1-2-4-9(5-3-1)10-6-7-11-8-10/h1-5,10H,6-8H2/t10-/m0/s1. The van der Waals surface area contributed by atoms with Crippen molar-refractivity contribution >= 4 is 0 Å². The van der Waals surface area contributed by atoms with Gasteiger partial charge in [0.15, 0.2) is 0 Å². The molecule has 0 aromatic heterocycles. The average molecular weight is 146 g/mol. The highest BCUT2D eigenvalue weighted by Gasteiger charge is 2.16. The molecule has 0 bridgehead atoms. The van der Waals surface area contributed by atoms with Crippen molar-refractivity contribution in [3.63, 3.8) is 0 Å². The fourth-order valence-electron chi connectivity index (χ4n) is 1.58. The van der Waals surface area contributed by atoms with Crippen molar-refractivity contribution in [3.05, 3.63) is 35.9 Å². The predicted octanol–water partition coefficient (Wildman–Crippen LogP) is 1.78. The van der Waals surface area contributed by atoms with E-state index in [9.17, 15) is 0 Å². The lowest BCUT2D eigenvalue weighted by atomic mass is 9.99. The van der Waals surface area contributed by atoms with E-state index < -0.39 is 0 Å². The third-order valence-corrected chi connectivity index (χ3v) is 2.26. The zero-order valence-corrected chi connectivity index (χ0v) is 6.53. The van der Waals surface area contributed by atoms with Gasteiger partial charge >= 0.3 is 0 Å². The summed E-state index contributed by atoms with van der Waals surface area (Å²) < 4.78 is 0. The summed E-state index contributed by atoms with van der Waals surface area (Å²) in [4.78, 5) is 0. The lowest BCUT2D eigenvalue weighted by molar-refractivity contribution is 0.759. The van der Waals surface area contributed by atoms with Gasteiger partial charge in [0.05, 0.1) is 0 Å². The molecule has 0 unspecified atom stereocenters. The summed E-state index contributed by atoms with van der Waals surface area (Å²) in [6.07, 6.45) is 1.24. The molecule has 0 spiro atoms. The highest BCUT2D eigenvalue weighted by Crippen LogP contribution is 2.21. The Bertz CT molecular complexity index is 212. The normalized spacial score (nSPS) is 23.8. The van der Waals surface area contributed by atoms with E-state index in [0.29, 0.717) is 5.92 Å². The first-order chi connectivity index (χ1) is 5.47. The summed E-state index contributed by atoms with van der Waals surface area (Å²) in [7, 11) is 0. The van der Waals surface area contributed by atoms with E-state index >= 15 is 0 Å². The number of hydrogen-bond acceptors (Lipinski definition) is 0. The minimum absolute atomic E-state index is 0.705. The van der Waals surface area contributed by atoms with E-state index in [1.807, 2.05) is 0 Å². The van der Waals surface area contributed by atoms with E-state index in [-0.39, 0.29) is 0 Å². The van der Waals surface area contributed by atoms with E-state index in [1.165, 1.54) is 12.0 Å². The summed E-state index contributed by atoms with van der Waals surface area (Å²) in [5, 5.41) is 4.34. The quantitative estimate of drug-likeness (QED) is 0.573. The molecular formula is C10H12N. The van der Waals surface area contributed by atoms with Gasteiger partial charge in [0, 0.05) is 13.1 Å². The Kier molecular flexibility index (Phi) is 1.91. The van der Waals surface area contributed by atoms with Gasteiger partial charge in [-0.3, -0.25) is 0 Å². The second kappa shape index (κ2) is 3.05. The SMILES string of the molecule is c1ccc([C@H]2CC[N]C2)cc1. The van der Waals surface area contributed by atoms with Gasteiger partial charge in [0.25, 0.3) is 0 Å². The molecule has 0 saturated carbocycles. The molecule has 1 aliphatic rings. The molecule has 0 amide bonds. The third kappa shape index (κ3) is 1.43. The molecule has 0 aliphatic carbocycles. The molecule has 1 heteroatoms. The van der Waals surface area contributed by atoms with Crippen molar-refractivity contribution < 1.29 is 0 Å². The van der Waals surface area contributed by atoms with Gasteiger partial charge in [0.1, 0.15) is 0 Å². The molecule has 11 heavy (non-hydrogen) atoms. The average Bonchev–Trinajstić information content (AvgIpc) is 2.58. The number of nitrogens with zero attached hydrogens (tertiary/aromatic N) is 1. The van der Waals surface area contributed by atoms with Crippen LogP contribution in [0.3, 0.4) is 0 Å². The van der Waals surface area contributed by atoms with Gasteiger partial charge in [-0.1, -0.05) is 30.3 Å². The Labute approximate surface area is 67.4 Å². The van der Waals surface area contributed by atoms with Crippen LogP contribution in [0.15, 0.2) is 30.3 Å². The number of rotatable bonds is 1. The molecule has 0 N–H and O–H groups in total. The van der Waals surface area contributed by atoms with Gasteiger partial charge in [-0.2, -0.15) is 0 Å². The monoisotopic (exact) mass is 146 g/mol. The predicted molar refractivity (Wildman–Crippen MR) is 45.7 cm³/mol. The first-order valence-corrected chi connectivity index (χ1v) is 4.15. The minimum Gasteiger partial charge on any atom is -0.241 e. The van der Waals surface area contributed by atoms with Crippen LogP contribution in [0, 0.1) is 0 Å². The summed E-state index contributed by atoms with van der Waals surface area (Å²) in [5.74, 6) is 0.705. The summed E-state index contributed by atoms with van der Waals surface area (Å²) in [5.41, 5.74) is 1.45. The lowest BCUT2D eigenvalue weighted by Gasteiger charge is -2.06. The van der Waals surface area contributed by atoms with Crippen LogP contribution in [0.4, 0.5) is 0 Å². The van der Waals surface area contributed by atoms with Crippen LogP contribution in [-0.4, -0.2) is 13.1 Å². The summed E-state index contributed by atoms with van der Waals surface area (Å²) in [6.45, 7) is 2.09. The van der Waals surface area contributed by atoms with Crippen LogP contribution >= 0.6 is 0 Å². The molecule has 1 atom stereocenters. The third-order valence-electron chi connectivity index (χ3n) is 2.26. The smallest absolute Gasteiger partial charge is 0.0202 e. The number of hydrogen-bond donors (Lipinski definition) is 0. The van der Waals surface area contributed by atoms with Gasteiger partial charge in [-0.05, 0) is 17.9 Å². The second-order valence-corrected chi connectivity index (χ2v) is 3.03. The van der Waals surface area contributed by atoms with Crippen molar-refractivity contribution in [2.45, 2.75) is 12.3 Å². The van der Waals surface area contributed by atoms with Crippen LogP contribution in [0.25, 0.3) is 0 Å². The molecule has 1 fully saturated rings. The molecule has 1 aromatic carbocycles. The molecule has 2 rings (SSSR count). The number of benzene rings is 1. The highest BCUT2D eigenvalue weighted by atomic mass is 14.9. The molecule has 57 valence electrons. The van der Waals surface area contributed by atoms with Crippen LogP contribution in [0.2, 0.25) is 0 Å². The maximum absolute atomic E-state index is 4.34. The van der Waals surface area contributed by atoms with E-state index in [4.69, 9.17) is 0 Å². The Morgan fingerprint density at radius 2 is 2.00 bits per heavy atom. The van der Waals surface area contributed by atoms with Crippen LogP contribution in [0.1, 0.15) is 17.9 Å². The molecule has 1 heterocycles. The van der Waals surface area contributed by atoms with Gasteiger partial charge in [0.2, 0.25) is 0 Å². The largest absolute Gasteiger partial charge is 0.241 e. The molecule has 1 aliphatic heterocycles. The first kappa shape index (κ1) is 6.86. The highest BCUT2D eigenvalue weighted by molar-refractivity contribution is 5.20. The maximum atomic E-state index is 4.34. The van der Waals surface area contributed by atoms with E-state index in [1.54, 1.807) is 0 Å². The van der Waals surface area contributed by atoms with Crippen LogP contribution in [0.5, 0.6) is 0 Å². The maximum Gasteiger partial charge on any atom is 0.0202 e. The van der Waals surface area contributed by atoms with Crippen LogP contribution < -0.4 is 5.32 Å². The Hall–Kier alpha value is -0.820. The molecule has 1 radical (unpaired) electrons. The fourth-order valence-corrected chi connectivity index (χ4v) is 1.58. The second-order valence-electron chi connectivity index (χ2n) is 3.03. The van der Waals surface area contributed by atoms with Gasteiger partial charge < -0.3 is 0 Å². The molecule has 1 nitrogen and oxygen atoms in total. The Balaban J connectivity index is 2.16. The first-order valence-electron chi connectivity index (χ1n) is 4.15. The Morgan fingerprint density at radius 3 is 2.64 bits per heavy atom. The van der Waals surface area contributed by atoms with Crippen molar-refractivity contribution in [2.24, 2.45) is 0 Å². The zero-order valence-electron chi connectivity index (χ0n) is 6.53. The molecule has 1 saturated heterocycles. The molecule has 1 aromatic rings. The molecular weight excluding hydrogens is 134 g/mol. The summed E-state index contributed by atoms with van der Waals surface area (Å²) >= 11 is 0.